The van der Waals surface area contributed by atoms with Crippen LogP contribution in [-0.4, -0.2) is 56.0 Å². The molecule has 1 atom stereocenters. The van der Waals surface area contributed by atoms with Gasteiger partial charge in [0.1, 0.15) is 0 Å². The molecule has 138 valence electrons. The highest BCUT2D eigenvalue weighted by Gasteiger charge is 2.64. The van der Waals surface area contributed by atoms with Crippen molar-refractivity contribution in [1.82, 2.24) is 10.2 Å². The average molecular weight is 360 g/mol. The number of carbonyl (C=O) groups is 2. The second-order valence-electron chi connectivity index (χ2n) is 5.36. The number of hydrogen-bond acceptors (Lipinski definition) is 4. The van der Waals surface area contributed by atoms with E-state index in [1.54, 1.807) is 0 Å². The van der Waals surface area contributed by atoms with Crippen molar-refractivity contribution in [2.24, 2.45) is 0 Å². The fourth-order valence-corrected chi connectivity index (χ4v) is 2.52. The van der Waals surface area contributed by atoms with Gasteiger partial charge < -0.3 is 19.7 Å². The molecule has 6 nitrogen and oxygen atoms in total. The highest BCUT2D eigenvalue weighted by atomic mass is 19.4. The SMILES string of the molecule is CCOC(=O)[C@@](NC(=O)N1CCOCC1)(c1ccccc1)C(F)(F)F. The van der Waals surface area contributed by atoms with Crippen LogP contribution in [0.15, 0.2) is 30.3 Å². The third-order valence-corrected chi connectivity index (χ3v) is 3.81. The molecule has 0 aliphatic carbocycles. The first-order valence-corrected chi connectivity index (χ1v) is 7.77. The number of nitrogens with one attached hydrogen (secondary N) is 1. The number of esters is 1. The van der Waals surface area contributed by atoms with Crippen molar-refractivity contribution >= 4 is 12.0 Å². The lowest BCUT2D eigenvalue weighted by Gasteiger charge is -2.37. The van der Waals surface area contributed by atoms with Crippen LogP contribution in [0.3, 0.4) is 0 Å². The van der Waals surface area contributed by atoms with Crippen LogP contribution in [0.25, 0.3) is 0 Å². The van der Waals surface area contributed by atoms with E-state index < -0.39 is 29.3 Å². The largest absolute Gasteiger partial charge is 0.464 e. The molecule has 1 aromatic rings. The lowest BCUT2D eigenvalue weighted by Crippen LogP contribution is -2.64. The van der Waals surface area contributed by atoms with Gasteiger partial charge in [-0.25, -0.2) is 9.59 Å². The van der Waals surface area contributed by atoms with E-state index in [1.807, 2.05) is 5.32 Å². The summed E-state index contributed by atoms with van der Waals surface area (Å²) in [4.78, 5) is 25.9. The monoisotopic (exact) mass is 360 g/mol. The minimum absolute atomic E-state index is 0.136. The van der Waals surface area contributed by atoms with Crippen LogP contribution in [0, 0.1) is 0 Å². The summed E-state index contributed by atoms with van der Waals surface area (Å²) in [5.41, 5.74) is -3.69. The first kappa shape index (κ1) is 19.0. The van der Waals surface area contributed by atoms with E-state index in [9.17, 15) is 22.8 Å². The molecular weight excluding hydrogens is 341 g/mol. The van der Waals surface area contributed by atoms with Crippen LogP contribution in [0.4, 0.5) is 18.0 Å². The van der Waals surface area contributed by atoms with Crippen LogP contribution in [0.1, 0.15) is 12.5 Å². The van der Waals surface area contributed by atoms with E-state index in [4.69, 9.17) is 4.74 Å². The Kier molecular flexibility index (Phi) is 5.89. The van der Waals surface area contributed by atoms with Crippen molar-refractivity contribution in [2.45, 2.75) is 18.6 Å². The van der Waals surface area contributed by atoms with Crippen molar-refractivity contribution < 1.29 is 32.2 Å². The van der Waals surface area contributed by atoms with Gasteiger partial charge in [0.2, 0.25) is 0 Å². The summed E-state index contributed by atoms with van der Waals surface area (Å²) in [5, 5.41) is 1.87. The standard InChI is InChI=1S/C16H19F3N2O4/c1-2-25-13(22)15(16(17,18)19,12-6-4-3-5-7-12)20-14(23)21-8-10-24-11-9-21/h3-7H,2,8-11H2,1H3,(H,20,23)/t15-/m0/s1. The summed E-state index contributed by atoms with van der Waals surface area (Å²) in [6.45, 7) is 1.86. The van der Waals surface area contributed by atoms with E-state index in [0.29, 0.717) is 0 Å². The number of nitrogens with zero attached hydrogens (tertiary/aromatic N) is 1. The normalized spacial score (nSPS) is 17.5. The number of halogens is 3. The average Bonchev–Trinajstić information content (AvgIpc) is 2.60. The molecule has 1 aliphatic rings. The van der Waals surface area contributed by atoms with Crippen molar-refractivity contribution in [3.05, 3.63) is 35.9 Å². The summed E-state index contributed by atoms with van der Waals surface area (Å²) in [7, 11) is 0. The minimum Gasteiger partial charge on any atom is -0.464 e. The summed E-state index contributed by atoms with van der Waals surface area (Å²) >= 11 is 0. The Hall–Kier alpha value is -2.29. The molecule has 0 saturated carbocycles. The molecule has 1 fully saturated rings. The molecular formula is C16H19F3N2O4. The number of amides is 2. The Morgan fingerprint density at radius 2 is 1.80 bits per heavy atom. The molecule has 1 N–H and O–H groups in total. The van der Waals surface area contributed by atoms with Gasteiger partial charge in [-0.3, -0.25) is 0 Å². The Labute approximate surface area is 142 Å². The molecule has 0 unspecified atom stereocenters. The number of benzene rings is 1. The highest BCUT2D eigenvalue weighted by Crippen LogP contribution is 2.40. The number of urea groups is 1. The fraction of sp³-hybridized carbons (Fsp3) is 0.500. The van der Waals surface area contributed by atoms with Crippen LogP contribution in [0.2, 0.25) is 0 Å². The van der Waals surface area contributed by atoms with E-state index in [-0.39, 0.29) is 32.9 Å². The van der Waals surface area contributed by atoms with Gasteiger partial charge in [-0.05, 0) is 12.5 Å². The molecule has 2 amide bonds. The molecule has 1 aliphatic heterocycles. The predicted molar refractivity (Wildman–Crippen MR) is 81.7 cm³/mol. The zero-order valence-corrected chi connectivity index (χ0v) is 13.6. The number of hydrogen-bond donors (Lipinski definition) is 1. The molecule has 9 heteroatoms. The first-order valence-electron chi connectivity index (χ1n) is 7.77. The van der Waals surface area contributed by atoms with Crippen LogP contribution in [0.5, 0.6) is 0 Å². The molecule has 1 heterocycles. The topological polar surface area (TPSA) is 67.9 Å². The van der Waals surface area contributed by atoms with Crippen LogP contribution >= 0.6 is 0 Å². The zero-order chi connectivity index (χ0) is 18.5. The van der Waals surface area contributed by atoms with E-state index in [2.05, 4.69) is 4.74 Å². The van der Waals surface area contributed by atoms with Crippen LogP contribution in [-0.2, 0) is 19.8 Å². The smallest absolute Gasteiger partial charge is 0.426 e. The maximum Gasteiger partial charge on any atom is 0.426 e. The van der Waals surface area contributed by atoms with E-state index in [1.165, 1.54) is 30.0 Å². The van der Waals surface area contributed by atoms with Gasteiger partial charge in [-0.15, -0.1) is 0 Å². The first-order chi connectivity index (χ1) is 11.8. The van der Waals surface area contributed by atoms with Gasteiger partial charge >= 0.3 is 18.2 Å². The molecule has 1 aromatic carbocycles. The van der Waals surface area contributed by atoms with Crippen molar-refractivity contribution in [3.8, 4) is 0 Å². The number of morpholine rings is 1. The number of ether oxygens (including phenoxy) is 2. The molecule has 0 spiro atoms. The van der Waals surface area contributed by atoms with Crippen molar-refractivity contribution in [2.75, 3.05) is 32.9 Å². The van der Waals surface area contributed by atoms with Crippen molar-refractivity contribution in [3.63, 3.8) is 0 Å². The molecule has 25 heavy (non-hydrogen) atoms. The van der Waals surface area contributed by atoms with E-state index >= 15 is 0 Å². The maximum atomic E-state index is 14.0. The molecule has 0 aromatic heterocycles. The number of rotatable bonds is 4. The van der Waals surface area contributed by atoms with Crippen LogP contribution < -0.4 is 5.32 Å². The Bertz CT molecular complexity index is 603. The van der Waals surface area contributed by atoms with Gasteiger partial charge in [0, 0.05) is 13.1 Å². The lowest BCUT2D eigenvalue weighted by molar-refractivity contribution is -0.214. The number of carbonyl (C=O) groups excluding carboxylic acids is 2. The second kappa shape index (κ2) is 7.73. The molecule has 0 bridgehead atoms. The van der Waals surface area contributed by atoms with E-state index in [0.717, 1.165) is 12.1 Å². The third-order valence-electron chi connectivity index (χ3n) is 3.81. The lowest BCUT2D eigenvalue weighted by atomic mass is 9.89. The Balaban J connectivity index is 2.46. The van der Waals surface area contributed by atoms with Gasteiger partial charge in [-0.2, -0.15) is 13.2 Å². The summed E-state index contributed by atoms with van der Waals surface area (Å²) in [6, 6.07) is 5.48. The van der Waals surface area contributed by atoms with Gasteiger partial charge in [0.25, 0.3) is 5.54 Å². The summed E-state index contributed by atoms with van der Waals surface area (Å²) < 4.78 is 51.8. The molecule has 2 rings (SSSR count). The van der Waals surface area contributed by atoms with Gasteiger partial charge in [0.05, 0.1) is 19.8 Å². The maximum absolute atomic E-state index is 14.0. The fourth-order valence-electron chi connectivity index (χ4n) is 2.52. The Morgan fingerprint density at radius 3 is 2.32 bits per heavy atom. The summed E-state index contributed by atoms with van der Waals surface area (Å²) in [6.07, 6.45) is -5.09. The zero-order valence-electron chi connectivity index (χ0n) is 13.6. The Morgan fingerprint density at radius 1 is 1.20 bits per heavy atom. The van der Waals surface area contributed by atoms with Crippen molar-refractivity contribution in [1.29, 1.82) is 0 Å². The minimum atomic E-state index is -5.09. The van der Waals surface area contributed by atoms with Gasteiger partial charge in [0.15, 0.2) is 0 Å². The molecule has 0 radical (unpaired) electrons. The predicted octanol–water partition coefficient (Wildman–Crippen LogP) is 2.05. The van der Waals surface area contributed by atoms with Gasteiger partial charge in [-0.1, -0.05) is 30.3 Å². The second-order valence-corrected chi connectivity index (χ2v) is 5.36. The number of alkyl halides is 3. The third kappa shape index (κ3) is 3.87. The quantitative estimate of drug-likeness (QED) is 0.835. The molecule has 1 saturated heterocycles. The summed E-state index contributed by atoms with van der Waals surface area (Å²) in [5.74, 6) is -1.57. The highest BCUT2D eigenvalue weighted by molar-refractivity contribution is 5.89.